The van der Waals surface area contributed by atoms with Crippen LogP contribution >= 0.6 is 65.5 Å². The Morgan fingerprint density at radius 2 is 0.739 bits per heavy atom. The van der Waals surface area contributed by atoms with Crippen molar-refractivity contribution in [3.05, 3.63) is 0 Å². The van der Waals surface area contributed by atoms with Gasteiger partial charge in [0.05, 0.1) is 24.4 Å². The highest BCUT2D eigenvalue weighted by Crippen LogP contribution is 2.69. The van der Waals surface area contributed by atoms with Gasteiger partial charge in [-0.1, -0.05) is 0 Å². The number of hydrogen-bond donors (Lipinski definition) is 0. The summed E-state index contributed by atoms with van der Waals surface area (Å²) in [7, 11) is 6.50. The Hall–Kier alpha value is 2.45. The van der Waals surface area contributed by atoms with Crippen LogP contribution in [0.1, 0.15) is 55.4 Å². The van der Waals surface area contributed by atoms with Crippen LogP contribution in [0.15, 0.2) is 0 Å². The summed E-state index contributed by atoms with van der Waals surface area (Å²) in [5, 5.41) is 0. The van der Waals surface area contributed by atoms with Gasteiger partial charge >= 0.3 is 0 Å². The molecule has 11 heteroatoms. The zero-order valence-corrected chi connectivity index (χ0v) is 20.7. The topological polar surface area (TPSA) is 36.9 Å². The van der Waals surface area contributed by atoms with E-state index in [4.69, 9.17) is 18.1 Å². The van der Waals surface area contributed by atoms with E-state index in [2.05, 4.69) is 0 Å². The molecular formula is C12H28O4P2S5. The molecule has 0 aromatic carbocycles. The van der Waals surface area contributed by atoms with Crippen LogP contribution in [-0.2, 0) is 18.1 Å². The Morgan fingerprint density at radius 3 is 0.957 bits per heavy atom. The van der Waals surface area contributed by atoms with Crippen LogP contribution in [0, 0.1) is 0 Å². The maximum absolute atomic E-state index is 5.80. The van der Waals surface area contributed by atoms with Gasteiger partial charge in [0, 0.05) is 20.8 Å². The minimum atomic E-state index is -0.920. The van der Waals surface area contributed by atoms with Crippen molar-refractivity contribution in [1.82, 2.24) is 0 Å². The molecule has 0 fully saturated rings. The number of hydrogen-bond acceptors (Lipinski definition) is 9. The van der Waals surface area contributed by atoms with Crippen molar-refractivity contribution in [1.29, 1.82) is 0 Å². The Labute approximate surface area is 162 Å². The Bertz CT molecular complexity index is 242. The van der Waals surface area contributed by atoms with Crippen LogP contribution in [0.3, 0.4) is 0 Å². The molecule has 0 unspecified atom stereocenters. The summed E-state index contributed by atoms with van der Waals surface area (Å²) in [6, 6.07) is 0. The zero-order valence-electron chi connectivity index (χ0n) is 14.9. The van der Waals surface area contributed by atoms with Crippen LogP contribution in [0.4, 0.5) is 0 Å². The van der Waals surface area contributed by atoms with E-state index in [-0.39, 0.29) is 24.4 Å². The van der Waals surface area contributed by atoms with Crippen LogP contribution in [0.25, 0.3) is 0 Å². The third-order valence-electron chi connectivity index (χ3n) is 1.43. The molecule has 0 bridgehead atoms. The fourth-order valence-electron chi connectivity index (χ4n) is 0.894. The minimum absolute atomic E-state index is 0.173. The second-order valence-electron chi connectivity index (χ2n) is 5.42. The smallest absolute Gasteiger partial charge is 0.250 e. The lowest BCUT2D eigenvalue weighted by Gasteiger charge is -2.20. The van der Waals surface area contributed by atoms with E-state index in [1.807, 2.05) is 55.4 Å². The average molecular weight is 459 g/mol. The molecule has 0 saturated carbocycles. The maximum atomic E-state index is 5.80. The molecule has 0 aliphatic carbocycles. The summed E-state index contributed by atoms with van der Waals surface area (Å²) < 4.78 is 23.2. The zero-order chi connectivity index (χ0) is 17.8. The molecule has 0 spiro atoms. The largest absolute Gasteiger partial charge is 0.323 e. The standard InChI is InChI=1S/C12H28O4P2S5/c1-9(2)13-17(14-10(3)4)19-21-23-22-20-18(15-11(5)6)16-12(7)8/h9-12H,1-8H3. The molecule has 0 N–H and O–H groups in total. The highest BCUT2D eigenvalue weighted by atomic mass is 33.9. The summed E-state index contributed by atoms with van der Waals surface area (Å²) in [5.41, 5.74) is 0. The second kappa shape index (κ2) is 15.5. The molecule has 0 heterocycles. The highest BCUT2D eigenvalue weighted by Gasteiger charge is 2.19. The normalized spacial score (nSPS) is 12.8. The maximum Gasteiger partial charge on any atom is 0.250 e. The third-order valence-corrected chi connectivity index (χ3v) is 17.3. The van der Waals surface area contributed by atoms with Gasteiger partial charge in [-0.25, -0.2) is 0 Å². The molecule has 0 saturated heterocycles. The molecule has 0 amide bonds. The SMILES string of the molecule is CC(C)OP(OC(C)C)SSSSSP(OC(C)C)OC(C)C. The van der Waals surface area contributed by atoms with Crippen LogP contribution in [-0.4, -0.2) is 24.4 Å². The van der Waals surface area contributed by atoms with Gasteiger partial charge in [0.25, 0.3) is 15.2 Å². The van der Waals surface area contributed by atoms with Crippen molar-refractivity contribution < 1.29 is 18.1 Å². The molecule has 0 radical (unpaired) electrons. The van der Waals surface area contributed by atoms with Crippen molar-refractivity contribution in [3.63, 3.8) is 0 Å². The predicted octanol–water partition coefficient (Wildman–Crippen LogP) is 8.47. The van der Waals surface area contributed by atoms with E-state index in [0.29, 0.717) is 0 Å². The summed E-state index contributed by atoms with van der Waals surface area (Å²) >= 11 is 0. The van der Waals surface area contributed by atoms with Crippen LogP contribution < -0.4 is 0 Å². The van der Waals surface area contributed by atoms with Gasteiger partial charge in [0.2, 0.25) is 0 Å². The first-order valence-corrected chi connectivity index (χ1v) is 17.0. The number of rotatable bonds is 14. The lowest BCUT2D eigenvalue weighted by atomic mass is 10.5. The van der Waals surface area contributed by atoms with Gasteiger partial charge < -0.3 is 18.1 Å². The van der Waals surface area contributed by atoms with Gasteiger partial charge in [-0.3, -0.25) is 0 Å². The monoisotopic (exact) mass is 458 g/mol. The molecular weight excluding hydrogens is 430 g/mol. The molecule has 0 aliphatic heterocycles. The minimum Gasteiger partial charge on any atom is -0.323 e. The molecule has 0 rings (SSSR count). The molecule has 0 atom stereocenters. The Balaban J connectivity index is 4.00. The summed E-state index contributed by atoms with van der Waals surface area (Å²) in [4.78, 5) is 0. The van der Waals surface area contributed by atoms with Crippen molar-refractivity contribution in [2.45, 2.75) is 79.8 Å². The third kappa shape index (κ3) is 17.6. The van der Waals surface area contributed by atoms with Gasteiger partial charge in [-0.2, -0.15) is 0 Å². The van der Waals surface area contributed by atoms with Crippen LogP contribution in [0.2, 0.25) is 0 Å². The van der Waals surface area contributed by atoms with E-state index < -0.39 is 15.2 Å². The Morgan fingerprint density at radius 1 is 0.478 bits per heavy atom. The van der Waals surface area contributed by atoms with E-state index in [9.17, 15) is 0 Å². The second-order valence-corrected chi connectivity index (χ2v) is 18.1. The van der Waals surface area contributed by atoms with E-state index >= 15 is 0 Å². The van der Waals surface area contributed by atoms with Crippen molar-refractivity contribution in [2.75, 3.05) is 0 Å². The summed E-state index contributed by atoms with van der Waals surface area (Å²) in [5.74, 6) is 0. The first-order valence-electron chi connectivity index (χ1n) is 7.32. The van der Waals surface area contributed by atoms with Crippen LogP contribution in [0.5, 0.6) is 0 Å². The van der Waals surface area contributed by atoms with Crippen molar-refractivity contribution >= 4 is 65.5 Å². The molecule has 23 heavy (non-hydrogen) atoms. The van der Waals surface area contributed by atoms with Gasteiger partial charge in [-0.05, 0) is 84.9 Å². The van der Waals surface area contributed by atoms with Crippen molar-refractivity contribution in [3.8, 4) is 0 Å². The van der Waals surface area contributed by atoms with Gasteiger partial charge in [0.15, 0.2) is 0 Å². The van der Waals surface area contributed by atoms with Gasteiger partial charge in [0.1, 0.15) is 0 Å². The molecule has 0 aromatic rings. The Kier molecular flexibility index (Phi) is 17.2. The molecule has 140 valence electrons. The summed E-state index contributed by atoms with van der Waals surface area (Å²) in [6.07, 6.45) is 0.692. The average Bonchev–Trinajstić information content (AvgIpc) is 2.34. The van der Waals surface area contributed by atoms with Gasteiger partial charge in [-0.15, -0.1) is 0 Å². The van der Waals surface area contributed by atoms with E-state index in [0.717, 1.165) is 0 Å². The predicted molar refractivity (Wildman–Crippen MR) is 117 cm³/mol. The molecule has 0 aromatic heterocycles. The molecule has 4 nitrogen and oxygen atoms in total. The lowest BCUT2D eigenvalue weighted by molar-refractivity contribution is 0.187. The van der Waals surface area contributed by atoms with E-state index in [1.54, 1.807) is 50.3 Å². The first kappa shape index (κ1) is 25.4. The first-order chi connectivity index (χ1) is 10.7. The molecule has 0 aliphatic rings. The highest BCUT2D eigenvalue weighted by molar-refractivity contribution is 9.42. The fraction of sp³-hybridized carbons (Fsp3) is 1.00. The quantitative estimate of drug-likeness (QED) is 0.145. The fourth-order valence-corrected chi connectivity index (χ4v) is 19.0. The summed E-state index contributed by atoms with van der Waals surface area (Å²) in [6.45, 7) is 16.2. The van der Waals surface area contributed by atoms with E-state index in [1.165, 1.54) is 0 Å². The van der Waals surface area contributed by atoms with Crippen molar-refractivity contribution in [2.24, 2.45) is 0 Å². The lowest BCUT2D eigenvalue weighted by Crippen LogP contribution is -2.02.